The molecule has 1 aliphatic rings. The number of piperidine rings is 1. The predicted molar refractivity (Wildman–Crippen MR) is 125 cm³/mol. The van der Waals surface area contributed by atoms with E-state index in [1.165, 1.54) is 5.56 Å². The molecule has 1 aliphatic heterocycles. The number of likely N-dealkylation sites (tertiary alicyclic amines) is 1. The van der Waals surface area contributed by atoms with Crippen LogP contribution in [-0.2, 0) is 16.6 Å². The summed E-state index contributed by atoms with van der Waals surface area (Å²) in [6.45, 7) is 6.48. The maximum absolute atomic E-state index is 12.3. The molecule has 0 spiro atoms. The molecule has 8 heteroatoms. The summed E-state index contributed by atoms with van der Waals surface area (Å²) in [7, 11) is -3.50. The highest BCUT2D eigenvalue weighted by atomic mass is 32.2. The van der Waals surface area contributed by atoms with E-state index in [1.807, 2.05) is 13.0 Å². The number of sulfonamides is 1. The summed E-state index contributed by atoms with van der Waals surface area (Å²) in [6.07, 6.45) is 2.11. The van der Waals surface area contributed by atoms with Gasteiger partial charge in [0.25, 0.3) is 0 Å². The van der Waals surface area contributed by atoms with Gasteiger partial charge in [0.2, 0.25) is 10.0 Å². The fourth-order valence-electron chi connectivity index (χ4n) is 3.62. The first-order chi connectivity index (χ1) is 15.1. The van der Waals surface area contributed by atoms with Gasteiger partial charge in [-0.2, -0.15) is 0 Å². The molecule has 0 unspecified atom stereocenters. The Hall–Kier alpha value is -2.42. The van der Waals surface area contributed by atoms with Gasteiger partial charge in [-0.15, -0.1) is 0 Å². The molecule has 0 bridgehead atoms. The molecule has 0 saturated carbocycles. The standard InChI is InChI=1S/C23H33N5O2S/c1-2-24-23(25-15-16-26-31(29,30)22-11-7-4-8-12-22)27-21-13-17-28(18-14-21)19-20-9-5-3-6-10-20/h3-12,21,26H,2,13-19H2,1H3,(H2,24,25,27). The lowest BCUT2D eigenvalue weighted by molar-refractivity contribution is 0.198. The molecule has 3 N–H and O–H groups in total. The van der Waals surface area contributed by atoms with Gasteiger partial charge >= 0.3 is 0 Å². The van der Waals surface area contributed by atoms with E-state index in [1.54, 1.807) is 30.3 Å². The van der Waals surface area contributed by atoms with Crippen LogP contribution < -0.4 is 15.4 Å². The molecule has 1 fully saturated rings. The molecule has 7 nitrogen and oxygen atoms in total. The first kappa shape index (κ1) is 23.2. The molecule has 0 atom stereocenters. The lowest BCUT2D eigenvalue weighted by Crippen LogP contribution is -2.48. The van der Waals surface area contributed by atoms with Gasteiger partial charge in [-0.25, -0.2) is 13.1 Å². The van der Waals surface area contributed by atoms with Gasteiger partial charge in [-0.1, -0.05) is 48.5 Å². The number of rotatable bonds is 9. The Bertz CT molecular complexity index is 911. The van der Waals surface area contributed by atoms with Crippen LogP contribution in [0.5, 0.6) is 0 Å². The number of nitrogens with one attached hydrogen (secondary N) is 3. The molecule has 0 aliphatic carbocycles. The average Bonchev–Trinajstić information content (AvgIpc) is 2.79. The van der Waals surface area contributed by atoms with Crippen molar-refractivity contribution in [3.63, 3.8) is 0 Å². The van der Waals surface area contributed by atoms with Gasteiger partial charge < -0.3 is 10.6 Å². The normalized spacial score (nSPS) is 16.2. The summed E-state index contributed by atoms with van der Waals surface area (Å²) in [5.74, 6) is 0.739. The minimum Gasteiger partial charge on any atom is -0.357 e. The van der Waals surface area contributed by atoms with Crippen LogP contribution in [0.25, 0.3) is 0 Å². The van der Waals surface area contributed by atoms with E-state index < -0.39 is 10.0 Å². The minimum absolute atomic E-state index is 0.253. The summed E-state index contributed by atoms with van der Waals surface area (Å²) in [6, 6.07) is 19.3. The molecule has 1 saturated heterocycles. The predicted octanol–water partition coefficient (Wildman–Crippen LogP) is 2.18. The number of nitrogens with zero attached hydrogens (tertiary/aromatic N) is 2. The molecule has 2 aromatic rings. The van der Waals surface area contributed by atoms with Crippen LogP contribution in [0.4, 0.5) is 0 Å². The summed E-state index contributed by atoms with van der Waals surface area (Å²) in [5.41, 5.74) is 1.35. The smallest absolute Gasteiger partial charge is 0.240 e. The number of aliphatic imine (C=N–C) groups is 1. The Morgan fingerprint density at radius 2 is 1.68 bits per heavy atom. The summed E-state index contributed by atoms with van der Waals surface area (Å²) in [5, 5.41) is 6.76. The van der Waals surface area contributed by atoms with Gasteiger partial charge in [0.05, 0.1) is 11.4 Å². The molecule has 0 radical (unpaired) electrons. The summed E-state index contributed by atoms with van der Waals surface area (Å²) < 4.78 is 27.2. The van der Waals surface area contributed by atoms with Crippen LogP contribution in [-0.4, -0.2) is 58.0 Å². The molecule has 1 heterocycles. The maximum Gasteiger partial charge on any atom is 0.240 e. The monoisotopic (exact) mass is 443 g/mol. The second kappa shape index (κ2) is 11.8. The zero-order valence-electron chi connectivity index (χ0n) is 18.1. The second-order valence-electron chi connectivity index (χ2n) is 7.65. The zero-order chi connectivity index (χ0) is 21.9. The van der Waals surface area contributed by atoms with Crippen LogP contribution in [0.3, 0.4) is 0 Å². The Morgan fingerprint density at radius 1 is 1.03 bits per heavy atom. The fraction of sp³-hybridized carbons (Fsp3) is 0.435. The first-order valence-corrected chi connectivity index (χ1v) is 12.4. The van der Waals surface area contributed by atoms with Crippen molar-refractivity contribution in [2.45, 2.75) is 37.2 Å². The Morgan fingerprint density at radius 3 is 2.32 bits per heavy atom. The Balaban J connectivity index is 1.43. The minimum atomic E-state index is -3.50. The van der Waals surface area contributed by atoms with Gasteiger partial charge in [0.15, 0.2) is 5.96 Å². The van der Waals surface area contributed by atoms with E-state index in [9.17, 15) is 8.42 Å². The van der Waals surface area contributed by atoms with Gasteiger partial charge in [0.1, 0.15) is 0 Å². The third-order valence-electron chi connectivity index (χ3n) is 5.25. The maximum atomic E-state index is 12.3. The van der Waals surface area contributed by atoms with Gasteiger partial charge in [-0.05, 0) is 37.5 Å². The van der Waals surface area contributed by atoms with Crippen molar-refractivity contribution in [3.8, 4) is 0 Å². The summed E-state index contributed by atoms with van der Waals surface area (Å²) in [4.78, 5) is 7.30. The second-order valence-corrected chi connectivity index (χ2v) is 9.42. The SMILES string of the molecule is CCNC(=NCCNS(=O)(=O)c1ccccc1)NC1CCN(Cc2ccccc2)CC1. The highest BCUT2D eigenvalue weighted by Gasteiger charge is 2.20. The molecule has 3 rings (SSSR count). The van der Waals surface area contributed by atoms with Crippen molar-refractivity contribution in [2.75, 3.05) is 32.7 Å². The largest absolute Gasteiger partial charge is 0.357 e. The average molecular weight is 444 g/mol. The molecule has 2 aromatic carbocycles. The van der Waals surface area contributed by atoms with Crippen LogP contribution >= 0.6 is 0 Å². The van der Waals surface area contributed by atoms with E-state index in [-0.39, 0.29) is 11.4 Å². The fourth-order valence-corrected chi connectivity index (χ4v) is 4.66. The van der Waals surface area contributed by atoms with Crippen molar-refractivity contribution >= 4 is 16.0 Å². The quantitative estimate of drug-likeness (QED) is 0.314. The van der Waals surface area contributed by atoms with Crippen LogP contribution in [0.15, 0.2) is 70.6 Å². The number of hydrogen-bond acceptors (Lipinski definition) is 4. The number of hydrogen-bond donors (Lipinski definition) is 3. The Labute approximate surface area is 186 Å². The van der Waals surface area contributed by atoms with E-state index in [0.717, 1.165) is 45.0 Å². The van der Waals surface area contributed by atoms with Crippen LogP contribution in [0, 0.1) is 0 Å². The lowest BCUT2D eigenvalue weighted by Gasteiger charge is -2.33. The lowest BCUT2D eigenvalue weighted by atomic mass is 10.0. The van der Waals surface area contributed by atoms with Gasteiger partial charge in [-0.3, -0.25) is 9.89 Å². The van der Waals surface area contributed by atoms with E-state index >= 15 is 0 Å². The topological polar surface area (TPSA) is 85.8 Å². The molecular formula is C23H33N5O2S. The number of benzene rings is 2. The molecule has 31 heavy (non-hydrogen) atoms. The van der Waals surface area contributed by atoms with Crippen molar-refractivity contribution in [2.24, 2.45) is 4.99 Å². The van der Waals surface area contributed by atoms with E-state index in [4.69, 9.17) is 0 Å². The van der Waals surface area contributed by atoms with Crippen LogP contribution in [0.1, 0.15) is 25.3 Å². The molecule has 0 aromatic heterocycles. The van der Waals surface area contributed by atoms with E-state index in [0.29, 0.717) is 12.6 Å². The summed E-state index contributed by atoms with van der Waals surface area (Å²) >= 11 is 0. The highest BCUT2D eigenvalue weighted by molar-refractivity contribution is 7.89. The number of guanidine groups is 1. The van der Waals surface area contributed by atoms with E-state index in [2.05, 4.69) is 49.5 Å². The van der Waals surface area contributed by atoms with Gasteiger partial charge in [0, 0.05) is 38.8 Å². The Kier molecular flexibility index (Phi) is 8.87. The zero-order valence-corrected chi connectivity index (χ0v) is 18.9. The molecular weight excluding hydrogens is 410 g/mol. The highest BCUT2D eigenvalue weighted by Crippen LogP contribution is 2.14. The van der Waals surface area contributed by atoms with Crippen molar-refractivity contribution in [1.82, 2.24) is 20.3 Å². The molecule has 168 valence electrons. The molecule has 0 amide bonds. The van der Waals surface area contributed by atoms with Crippen molar-refractivity contribution in [3.05, 3.63) is 66.2 Å². The van der Waals surface area contributed by atoms with Crippen LogP contribution in [0.2, 0.25) is 0 Å². The third kappa shape index (κ3) is 7.65. The van der Waals surface area contributed by atoms with Crippen molar-refractivity contribution in [1.29, 1.82) is 0 Å². The third-order valence-corrected chi connectivity index (χ3v) is 6.73. The van der Waals surface area contributed by atoms with Crippen molar-refractivity contribution < 1.29 is 8.42 Å². The first-order valence-electron chi connectivity index (χ1n) is 10.9.